The van der Waals surface area contributed by atoms with Crippen molar-refractivity contribution < 1.29 is 4.74 Å². The average Bonchev–Trinajstić information content (AvgIpc) is 2.59. The predicted molar refractivity (Wildman–Crippen MR) is 72.4 cm³/mol. The van der Waals surface area contributed by atoms with Crippen molar-refractivity contribution in [1.82, 2.24) is 9.38 Å². The van der Waals surface area contributed by atoms with E-state index in [0.717, 1.165) is 49.9 Å². The highest BCUT2D eigenvalue weighted by Gasteiger charge is 2.18. The summed E-state index contributed by atoms with van der Waals surface area (Å²) in [5.41, 5.74) is 2.02. The van der Waals surface area contributed by atoms with Crippen molar-refractivity contribution in [2.45, 2.75) is 12.3 Å². The van der Waals surface area contributed by atoms with Gasteiger partial charge in [-0.25, -0.2) is 4.98 Å². The molecule has 18 heavy (non-hydrogen) atoms. The fourth-order valence-electron chi connectivity index (χ4n) is 2.37. The summed E-state index contributed by atoms with van der Waals surface area (Å²) in [4.78, 5) is 6.97. The second-order valence-electron chi connectivity index (χ2n) is 4.40. The number of rotatable bonds is 2. The molecule has 0 N–H and O–H groups in total. The molecule has 1 fully saturated rings. The van der Waals surface area contributed by atoms with Gasteiger partial charge in [-0.15, -0.1) is 11.6 Å². The lowest BCUT2D eigenvalue weighted by Crippen LogP contribution is -2.27. The van der Waals surface area contributed by atoms with Crippen molar-refractivity contribution in [1.29, 1.82) is 0 Å². The van der Waals surface area contributed by atoms with Crippen LogP contribution in [-0.2, 0) is 10.6 Å². The maximum absolute atomic E-state index is 6.09. The molecule has 3 heterocycles. The zero-order valence-corrected chi connectivity index (χ0v) is 10.9. The van der Waals surface area contributed by atoms with E-state index in [2.05, 4.69) is 9.30 Å². The summed E-state index contributed by atoms with van der Waals surface area (Å²) in [5, 5.41) is 0. The molecular weight excluding hydrogens is 250 g/mol. The van der Waals surface area contributed by atoms with Crippen molar-refractivity contribution in [2.24, 2.45) is 0 Å². The third kappa shape index (κ3) is 2.06. The van der Waals surface area contributed by atoms with Crippen LogP contribution in [-0.4, -0.2) is 35.7 Å². The van der Waals surface area contributed by atoms with E-state index in [1.807, 2.05) is 24.4 Å². The molecule has 0 aliphatic carbocycles. The van der Waals surface area contributed by atoms with Gasteiger partial charge in [-0.1, -0.05) is 6.07 Å². The van der Waals surface area contributed by atoms with Crippen molar-refractivity contribution in [3.63, 3.8) is 0 Å². The predicted octanol–water partition coefficient (Wildman–Crippen LogP) is 2.30. The molecule has 3 rings (SSSR count). The standard InChI is InChI=1S/C13H16ClN3O/c14-10-11-13(16-5-3-8-18-9-7-16)15-12-4-1-2-6-17(11)12/h1-2,4,6H,3,5,7-10H2. The van der Waals surface area contributed by atoms with Crippen LogP contribution in [0.4, 0.5) is 5.82 Å². The van der Waals surface area contributed by atoms with E-state index < -0.39 is 0 Å². The van der Waals surface area contributed by atoms with E-state index >= 15 is 0 Å². The molecule has 1 aliphatic heterocycles. The number of hydrogen-bond donors (Lipinski definition) is 0. The van der Waals surface area contributed by atoms with Crippen LogP contribution in [0, 0.1) is 0 Å². The van der Waals surface area contributed by atoms with Gasteiger partial charge < -0.3 is 14.0 Å². The zero-order chi connectivity index (χ0) is 12.4. The summed E-state index contributed by atoms with van der Waals surface area (Å²) >= 11 is 6.09. The van der Waals surface area contributed by atoms with Gasteiger partial charge >= 0.3 is 0 Å². The minimum Gasteiger partial charge on any atom is -0.380 e. The molecule has 1 saturated heterocycles. The highest BCUT2D eigenvalue weighted by molar-refractivity contribution is 6.17. The van der Waals surface area contributed by atoms with Crippen LogP contribution in [0.25, 0.3) is 5.65 Å². The van der Waals surface area contributed by atoms with Gasteiger partial charge in [0.15, 0.2) is 5.82 Å². The molecule has 2 aromatic heterocycles. The zero-order valence-electron chi connectivity index (χ0n) is 10.2. The molecule has 0 spiro atoms. The van der Waals surface area contributed by atoms with Crippen LogP contribution < -0.4 is 4.90 Å². The van der Waals surface area contributed by atoms with Crippen LogP contribution in [0.2, 0.25) is 0 Å². The Bertz CT molecular complexity index is 532. The van der Waals surface area contributed by atoms with E-state index in [9.17, 15) is 0 Å². The van der Waals surface area contributed by atoms with Gasteiger partial charge in [-0.05, 0) is 18.6 Å². The summed E-state index contributed by atoms with van der Waals surface area (Å²) in [7, 11) is 0. The van der Waals surface area contributed by atoms with Crippen LogP contribution >= 0.6 is 11.6 Å². The lowest BCUT2D eigenvalue weighted by molar-refractivity contribution is 0.152. The second-order valence-corrected chi connectivity index (χ2v) is 4.66. The number of halogens is 1. The Morgan fingerprint density at radius 1 is 1.28 bits per heavy atom. The maximum Gasteiger partial charge on any atom is 0.152 e. The number of hydrogen-bond acceptors (Lipinski definition) is 3. The van der Waals surface area contributed by atoms with Crippen LogP contribution in [0.15, 0.2) is 24.4 Å². The van der Waals surface area contributed by atoms with E-state index in [0.29, 0.717) is 5.88 Å². The second kappa shape index (κ2) is 5.16. The van der Waals surface area contributed by atoms with Gasteiger partial charge in [0.05, 0.1) is 18.2 Å². The van der Waals surface area contributed by atoms with Gasteiger partial charge in [0.2, 0.25) is 0 Å². The number of pyridine rings is 1. The average molecular weight is 266 g/mol. The third-order valence-electron chi connectivity index (χ3n) is 3.26. The fourth-order valence-corrected chi connectivity index (χ4v) is 2.62. The van der Waals surface area contributed by atoms with E-state index in [-0.39, 0.29) is 0 Å². The number of fused-ring (bicyclic) bond motifs is 1. The Morgan fingerprint density at radius 3 is 3.11 bits per heavy atom. The molecule has 0 unspecified atom stereocenters. The lowest BCUT2D eigenvalue weighted by Gasteiger charge is -2.20. The van der Waals surface area contributed by atoms with E-state index in [1.54, 1.807) is 0 Å². The number of nitrogens with zero attached hydrogens (tertiary/aromatic N) is 3. The molecule has 96 valence electrons. The molecule has 5 heteroatoms. The van der Waals surface area contributed by atoms with Crippen molar-refractivity contribution in [2.75, 3.05) is 31.2 Å². The number of anilines is 1. The third-order valence-corrected chi connectivity index (χ3v) is 3.51. The summed E-state index contributed by atoms with van der Waals surface area (Å²) in [5.74, 6) is 1.47. The highest BCUT2D eigenvalue weighted by Crippen LogP contribution is 2.24. The lowest BCUT2D eigenvalue weighted by atomic mass is 10.3. The molecule has 0 amide bonds. The molecule has 1 aliphatic rings. The van der Waals surface area contributed by atoms with Gasteiger partial charge in [0.1, 0.15) is 5.65 Å². The first-order chi connectivity index (χ1) is 8.90. The largest absolute Gasteiger partial charge is 0.380 e. The van der Waals surface area contributed by atoms with Gasteiger partial charge in [0.25, 0.3) is 0 Å². The van der Waals surface area contributed by atoms with Crippen molar-refractivity contribution in [3.8, 4) is 0 Å². The Hall–Kier alpha value is -1.26. The number of alkyl halides is 1. The number of ether oxygens (including phenoxy) is 1. The normalized spacial score (nSPS) is 17.1. The van der Waals surface area contributed by atoms with Gasteiger partial charge in [-0.3, -0.25) is 0 Å². The van der Waals surface area contributed by atoms with Crippen LogP contribution in [0.1, 0.15) is 12.1 Å². The smallest absolute Gasteiger partial charge is 0.152 e. The molecule has 0 saturated carbocycles. The first-order valence-corrected chi connectivity index (χ1v) is 6.78. The molecule has 0 atom stereocenters. The van der Waals surface area contributed by atoms with E-state index in [4.69, 9.17) is 21.3 Å². The quantitative estimate of drug-likeness (QED) is 0.781. The SMILES string of the molecule is ClCc1c(N2CCCOCC2)nc2ccccn12. The van der Waals surface area contributed by atoms with Crippen molar-refractivity contribution >= 4 is 23.1 Å². The highest BCUT2D eigenvalue weighted by atomic mass is 35.5. The van der Waals surface area contributed by atoms with Gasteiger partial charge in [0, 0.05) is 25.9 Å². The first kappa shape index (κ1) is 11.8. The maximum atomic E-state index is 6.09. The Kier molecular flexibility index (Phi) is 3.39. The van der Waals surface area contributed by atoms with Crippen LogP contribution in [0.5, 0.6) is 0 Å². The first-order valence-electron chi connectivity index (χ1n) is 6.25. The van der Waals surface area contributed by atoms with Gasteiger partial charge in [-0.2, -0.15) is 0 Å². The summed E-state index contributed by atoms with van der Waals surface area (Å²) in [6, 6.07) is 6.00. The Morgan fingerprint density at radius 2 is 2.22 bits per heavy atom. The molecule has 0 bridgehead atoms. The molecular formula is C13H16ClN3O. The molecule has 2 aromatic rings. The molecule has 4 nitrogen and oxygen atoms in total. The minimum atomic E-state index is 0.470. The Labute approximate surface area is 111 Å². The number of aromatic nitrogens is 2. The topological polar surface area (TPSA) is 29.8 Å². The minimum absolute atomic E-state index is 0.470. The number of imidazole rings is 1. The fraction of sp³-hybridized carbons (Fsp3) is 0.462. The van der Waals surface area contributed by atoms with Crippen LogP contribution in [0.3, 0.4) is 0 Å². The van der Waals surface area contributed by atoms with Crippen molar-refractivity contribution in [3.05, 3.63) is 30.1 Å². The summed E-state index contributed by atoms with van der Waals surface area (Å²) in [6.45, 7) is 3.46. The molecule has 0 aromatic carbocycles. The van der Waals surface area contributed by atoms with E-state index in [1.165, 1.54) is 0 Å². The molecule has 0 radical (unpaired) electrons. The summed E-state index contributed by atoms with van der Waals surface area (Å²) < 4.78 is 7.55. The summed E-state index contributed by atoms with van der Waals surface area (Å²) in [6.07, 6.45) is 3.05. The monoisotopic (exact) mass is 265 g/mol. The Balaban J connectivity index is 2.04.